The number of carbonyl (C=O) groups excluding carboxylic acids is 1. The van der Waals surface area contributed by atoms with Crippen molar-refractivity contribution < 1.29 is 14.6 Å². The number of aliphatic hydroxyl groups excluding tert-OH is 1. The average Bonchev–Trinajstić information content (AvgIpc) is 2.36. The molecule has 3 N–H and O–H groups in total. The van der Waals surface area contributed by atoms with Crippen molar-refractivity contribution in [1.82, 2.24) is 4.90 Å². The lowest BCUT2D eigenvalue weighted by Crippen LogP contribution is -2.42. The molecule has 0 bridgehead atoms. The standard InChI is InChI=1S/C13H25NO2.C5H13NO/c1-10(2)11-6-8-14(9-7-11)12(15)16-13(3,4)5;1-5(2,6)3-4-7/h10-11H,6-9H2,1-5H3;7H,3-4,6H2,1-2H3. The minimum absolute atomic E-state index is 0.158. The van der Waals surface area contributed by atoms with Crippen LogP contribution in [0.3, 0.4) is 0 Å². The zero-order valence-electron chi connectivity index (χ0n) is 16.2. The summed E-state index contributed by atoms with van der Waals surface area (Å²) in [7, 11) is 0. The van der Waals surface area contributed by atoms with E-state index in [0.29, 0.717) is 6.42 Å². The first-order chi connectivity index (χ1) is 10.4. The van der Waals surface area contributed by atoms with Gasteiger partial charge in [-0.15, -0.1) is 0 Å². The number of piperidine rings is 1. The summed E-state index contributed by atoms with van der Waals surface area (Å²) in [5, 5.41) is 8.32. The lowest BCUT2D eigenvalue weighted by atomic mass is 9.87. The van der Waals surface area contributed by atoms with Gasteiger partial charge in [0.2, 0.25) is 0 Å². The summed E-state index contributed by atoms with van der Waals surface area (Å²) < 4.78 is 5.36. The lowest BCUT2D eigenvalue weighted by molar-refractivity contribution is 0.0166. The normalized spacial score (nSPS) is 16.9. The molecule has 0 aromatic rings. The van der Waals surface area contributed by atoms with Crippen LogP contribution in [0.25, 0.3) is 0 Å². The zero-order valence-corrected chi connectivity index (χ0v) is 16.2. The Bertz CT molecular complexity index is 335. The molecule has 5 nitrogen and oxygen atoms in total. The Morgan fingerprint density at radius 3 is 1.96 bits per heavy atom. The first-order valence-corrected chi connectivity index (χ1v) is 8.73. The van der Waals surface area contributed by atoms with Crippen LogP contribution in [0.1, 0.15) is 67.7 Å². The molecule has 1 aliphatic heterocycles. The van der Waals surface area contributed by atoms with Gasteiger partial charge in [0, 0.05) is 25.2 Å². The van der Waals surface area contributed by atoms with E-state index in [-0.39, 0.29) is 23.8 Å². The van der Waals surface area contributed by atoms with Crippen LogP contribution in [0.2, 0.25) is 0 Å². The second-order valence-electron chi connectivity index (χ2n) is 8.51. The number of nitrogens with zero attached hydrogens (tertiary/aromatic N) is 1. The van der Waals surface area contributed by atoms with Crippen LogP contribution < -0.4 is 5.73 Å². The molecule has 1 rings (SSSR count). The van der Waals surface area contributed by atoms with Gasteiger partial charge < -0.3 is 20.5 Å². The Labute approximate surface area is 142 Å². The van der Waals surface area contributed by atoms with E-state index in [4.69, 9.17) is 15.6 Å². The molecule has 0 aromatic carbocycles. The van der Waals surface area contributed by atoms with E-state index < -0.39 is 0 Å². The Morgan fingerprint density at radius 2 is 1.70 bits per heavy atom. The SMILES string of the molecule is CC(C)(N)CCO.CC(C)C1CCN(C(=O)OC(C)(C)C)CC1. The van der Waals surface area contributed by atoms with Crippen molar-refractivity contribution in [2.24, 2.45) is 17.6 Å². The van der Waals surface area contributed by atoms with Crippen molar-refractivity contribution >= 4 is 6.09 Å². The van der Waals surface area contributed by atoms with E-state index in [1.807, 2.05) is 39.5 Å². The van der Waals surface area contributed by atoms with Crippen LogP contribution in [-0.4, -0.2) is 46.9 Å². The van der Waals surface area contributed by atoms with Crippen molar-refractivity contribution in [3.63, 3.8) is 0 Å². The van der Waals surface area contributed by atoms with Crippen LogP contribution in [0.5, 0.6) is 0 Å². The number of nitrogens with two attached hydrogens (primary N) is 1. The van der Waals surface area contributed by atoms with Gasteiger partial charge in [0.1, 0.15) is 5.60 Å². The van der Waals surface area contributed by atoms with Crippen LogP contribution >= 0.6 is 0 Å². The number of ether oxygens (including phenoxy) is 1. The number of aliphatic hydroxyl groups is 1. The van der Waals surface area contributed by atoms with Crippen molar-refractivity contribution in [1.29, 1.82) is 0 Å². The van der Waals surface area contributed by atoms with Gasteiger partial charge in [-0.1, -0.05) is 13.8 Å². The molecule has 0 unspecified atom stereocenters. The molecule has 1 fully saturated rings. The number of hydrogen-bond acceptors (Lipinski definition) is 4. The van der Waals surface area contributed by atoms with E-state index in [0.717, 1.165) is 37.8 Å². The molecule has 5 heteroatoms. The number of likely N-dealkylation sites (tertiary alicyclic amines) is 1. The third-order valence-electron chi connectivity index (χ3n) is 3.89. The summed E-state index contributed by atoms with van der Waals surface area (Å²) in [4.78, 5) is 13.6. The van der Waals surface area contributed by atoms with Crippen LogP contribution in [-0.2, 0) is 4.74 Å². The second kappa shape index (κ2) is 9.48. The highest BCUT2D eigenvalue weighted by molar-refractivity contribution is 5.68. The maximum absolute atomic E-state index is 11.8. The fraction of sp³-hybridized carbons (Fsp3) is 0.944. The molecule has 1 saturated heterocycles. The van der Waals surface area contributed by atoms with Crippen molar-refractivity contribution in [3.8, 4) is 0 Å². The minimum Gasteiger partial charge on any atom is -0.444 e. The molecule has 0 spiro atoms. The van der Waals surface area contributed by atoms with Crippen molar-refractivity contribution in [3.05, 3.63) is 0 Å². The quantitative estimate of drug-likeness (QED) is 0.831. The number of carbonyl (C=O) groups is 1. The monoisotopic (exact) mass is 330 g/mol. The van der Waals surface area contributed by atoms with Crippen molar-refractivity contribution in [2.75, 3.05) is 19.7 Å². The highest BCUT2D eigenvalue weighted by Gasteiger charge is 2.27. The summed E-state index contributed by atoms with van der Waals surface area (Å²) in [6.07, 6.45) is 2.73. The van der Waals surface area contributed by atoms with Gasteiger partial charge in [-0.3, -0.25) is 0 Å². The highest BCUT2D eigenvalue weighted by Crippen LogP contribution is 2.25. The molecule has 23 heavy (non-hydrogen) atoms. The summed E-state index contributed by atoms with van der Waals surface area (Å²) in [5.74, 6) is 1.49. The van der Waals surface area contributed by atoms with E-state index in [2.05, 4.69) is 13.8 Å². The van der Waals surface area contributed by atoms with Crippen molar-refractivity contribution in [2.45, 2.75) is 78.9 Å². The Morgan fingerprint density at radius 1 is 1.22 bits per heavy atom. The predicted octanol–water partition coefficient (Wildman–Crippen LogP) is 3.40. The van der Waals surface area contributed by atoms with Gasteiger partial charge in [0.05, 0.1) is 0 Å². The summed E-state index contributed by atoms with van der Waals surface area (Å²) in [6, 6.07) is 0. The van der Waals surface area contributed by atoms with Gasteiger partial charge in [0.15, 0.2) is 0 Å². The maximum atomic E-state index is 11.8. The third kappa shape index (κ3) is 11.4. The van der Waals surface area contributed by atoms with E-state index >= 15 is 0 Å². The summed E-state index contributed by atoms with van der Waals surface area (Å²) in [5.41, 5.74) is 4.90. The summed E-state index contributed by atoms with van der Waals surface area (Å²) in [6.45, 7) is 15.9. The van der Waals surface area contributed by atoms with E-state index in [1.165, 1.54) is 0 Å². The molecule has 0 saturated carbocycles. The molecule has 0 aromatic heterocycles. The van der Waals surface area contributed by atoms with Gasteiger partial charge in [-0.2, -0.15) is 0 Å². The fourth-order valence-electron chi connectivity index (χ4n) is 2.36. The molecular weight excluding hydrogens is 292 g/mol. The molecule has 138 valence electrons. The van der Waals surface area contributed by atoms with Crippen LogP contribution in [0.4, 0.5) is 4.79 Å². The maximum Gasteiger partial charge on any atom is 0.410 e. The average molecular weight is 331 g/mol. The Hall–Kier alpha value is -0.810. The van der Waals surface area contributed by atoms with Gasteiger partial charge in [-0.25, -0.2) is 4.79 Å². The zero-order chi connectivity index (χ0) is 18.3. The molecule has 1 heterocycles. The smallest absolute Gasteiger partial charge is 0.410 e. The van der Waals surface area contributed by atoms with Gasteiger partial charge in [-0.05, 0) is 65.7 Å². The predicted molar refractivity (Wildman–Crippen MR) is 95.3 cm³/mol. The number of amides is 1. The van der Waals surface area contributed by atoms with Gasteiger partial charge in [0.25, 0.3) is 0 Å². The number of hydrogen-bond donors (Lipinski definition) is 2. The van der Waals surface area contributed by atoms with Gasteiger partial charge >= 0.3 is 6.09 Å². The molecule has 1 aliphatic rings. The molecular formula is C18H38N2O3. The van der Waals surface area contributed by atoms with Crippen LogP contribution in [0.15, 0.2) is 0 Å². The molecule has 1 amide bonds. The minimum atomic E-state index is -0.383. The first-order valence-electron chi connectivity index (χ1n) is 8.73. The van der Waals surface area contributed by atoms with E-state index in [1.54, 1.807) is 0 Å². The van der Waals surface area contributed by atoms with Crippen LogP contribution in [0, 0.1) is 11.8 Å². The number of rotatable bonds is 3. The second-order valence-corrected chi connectivity index (χ2v) is 8.51. The Balaban J connectivity index is 0.000000585. The largest absolute Gasteiger partial charge is 0.444 e. The topological polar surface area (TPSA) is 75.8 Å². The van der Waals surface area contributed by atoms with E-state index in [9.17, 15) is 4.79 Å². The fourth-order valence-corrected chi connectivity index (χ4v) is 2.36. The molecule has 0 radical (unpaired) electrons. The molecule has 0 aliphatic carbocycles. The lowest BCUT2D eigenvalue weighted by Gasteiger charge is -2.34. The Kier molecular flexibility index (Phi) is 9.14. The third-order valence-corrected chi connectivity index (χ3v) is 3.89. The first kappa shape index (κ1) is 22.2. The highest BCUT2D eigenvalue weighted by atomic mass is 16.6. The molecule has 0 atom stereocenters. The summed E-state index contributed by atoms with van der Waals surface area (Å²) >= 11 is 0.